The largest absolute Gasteiger partial charge is 0.494 e. The molecule has 0 radical (unpaired) electrons. The van der Waals surface area contributed by atoms with Gasteiger partial charge in [0.05, 0.1) is 11.6 Å². The highest BCUT2D eigenvalue weighted by Gasteiger charge is 2.03. The van der Waals surface area contributed by atoms with Gasteiger partial charge in [0.15, 0.2) is 5.96 Å². The van der Waals surface area contributed by atoms with Crippen LogP contribution in [-0.2, 0) is 19.3 Å². The van der Waals surface area contributed by atoms with Gasteiger partial charge in [-0.05, 0) is 37.0 Å². The van der Waals surface area contributed by atoms with Gasteiger partial charge < -0.3 is 15.4 Å². The molecule has 2 aromatic rings. The fourth-order valence-corrected chi connectivity index (χ4v) is 3.33. The van der Waals surface area contributed by atoms with E-state index < -0.39 is 0 Å². The summed E-state index contributed by atoms with van der Waals surface area (Å²) in [5.41, 5.74) is 1.26. The number of aromatic nitrogens is 1. The number of guanidine groups is 1. The van der Waals surface area contributed by atoms with Gasteiger partial charge in [-0.2, -0.15) is 0 Å². The lowest BCUT2D eigenvalue weighted by Gasteiger charge is -2.12. The summed E-state index contributed by atoms with van der Waals surface area (Å²) in [5, 5.41) is 7.89. The second-order valence-electron chi connectivity index (χ2n) is 6.00. The molecule has 0 bridgehead atoms. The van der Waals surface area contributed by atoms with Gasteiger partial charge in [-0.15, -0.1) is 35.3 Å². The number of hydrogen-bond acceptors (Lipinski definition) is 4. The predicted molar refractivity (Wildman–Crippen MR) is 126 cm³/mol. The summed E-state index contributed by atoms with van der Waals surface area (Å²) in [6.07, 6.45) is 5.90. The SMILES string of the molecule is CCCOc1cccc(CCNC(=NC)NCCc2ncc(CC)s2)c1.I. The summed E-state index contributed by atoms with van der Waals surface area (Å²) >= 11 is 1.79. The molecule has 0 aliphatic carbocycles. The van der Waals surface area contributed by atoms with Crippen LogP contribution in [0.15, 0.2) is 35.5 Å². The van der Waals surface area contributed by atoms with Crippen molar-refractivity contribution in [3.05, 3.63) is 45.9 Å². The Hall–Kier alpha value is -1.35. The molecule has 0 aliphatic heterocycles. The molecule has 1 aromatic carbocycles. The Morgan fingerprint density at radius 3 is 2.63 bits per heavy atom. The molecule has 0 spiro atoms. The van der Waals surface area contributed by atoms with Crippen LogP contribution in [0.1, 0.15) is 35.7 Å². The minimum Gasteiger partial charge on any atom is -0.494 e. The molecule has 0 saturated carbocycles. The molecule has 2 rings (SSSR count). The van der Waals surface area contributed by atoms with Gasteiger partial charge in [-0.1, -0.05) is 26.0 Å². The van der Waals surface area contributed by atoms with Crippen molar-refractivity contribution >= 4 is 41.3 Å². The monoisotopic (exact) mass is 502 g/mol. The highest BCUT2D eigenvalue weighted by atomic mass is 127. The number of hydrogen-bond donors (Lipinski definition) is 2. The first-order valence-corrected chi connectivity index (χ1v) is 10.2. The molecule has 0 amide bonds. The molecule has 0 atom stereocenters. The van der Waals surface area contributed by atoms with E-state index in [4.69, 9.17) is 4.74 Å². The molecule has 0 fully saturated rings. The molecule has 5 nitrogen and oxygen atoms in total. The zero-order valence-electron chi connectivity index (χ0n) is 16.5. The topological polar surface area (TPSA) is 58.5 Å². The third-order valence-corrected chi connectivity index (χ3v) is 5.08. The molecule has 0 aliphatic rings. The van der Waals surface area contributed by atoms with E-state index in [9.17, 15) is 0 Å². The van der Waals surface area contributed by atoms with Gasteiger partial charge >= 0.3 is 0 Å². The van der Waals surface area contributed by atoms with Gasteiger partial charge in [0.1, 0.15) is 5.75 Å². The van der Waals surface area contributed by atoms with Crippen molar-refractivity contribution in [1.82, 2.24) is 15.6 Å². The summed E-state index contributed by atoms with van der Waals surface area (Å²) in [7, 11) is 1.80. The average molecular weight is 502 g/mol. The molecule has 2 N–H and O–H groups in total. The summed E-state index contributed by atoms with van der Waals surface area (Å²) in [6.45, 7) is 6.69. The van der Waals surface area contributed by atoms with Gasteiger partial charge in [-0.25, -0.2) is 4.98 Å². The highest BCUT2D eigenvalue weighted by Crippen LogP contribution is 2.14. The maximum absolute atomic E-state index is 5.69. The standard InChI is InChI=1S/C20H30N4OS.HI/c1-4-13-25-17-8-6-7-16(14-17)9-11-22-20(21-3)23-12-10-19-24-15-18(5-2)26-19;/h6-8,14-15H,4-5,9-13H2,1-3H3,(H2,21,22,23);1H. The number of nitrogens with one attached hydrogen (secondary N) is 2. The van der Waals surface area contributed by atoms with Crippen LogP contribution in [-0.4, -0.2) is 37.7 Å². The Kier molecular flexibility index (Phi) is 12.1. The van der Waals surface area contributed by atoms with E-state index in [0.717, 1.165) is 57.1 Å². The average Bonchev–Trinajstić information content (AvgIpc) is 3.13. The fourth-order valence-electron chi connectivity index (χ4n) is 2.47. The molecule has 27 heavy (non-hydrogen) atoms. The predicted octanol–water partition coefficient (Wildman–Crippen LogP) is 4.06. The third-order valence-electron chi connectivity index (χ3n) is 3.88. The molecular formula is C20H31IN4OS. The number of thiazole rings is 1. The Balaban J connectivity index is 0.00000364. The molecule has 0 unspecified atom stereocenters. The lowest BCUT2D eigenvalue weighted by atomic mass is 10.1. The number of ether oxygens (including phenoxy) is 1. The van der Waals surface area contributed by atoms with Crippen LogP contribution in [0.5, 0.6) is 5.75 Å². The van der Waals surface area contributed by atoms with Crippen LogP contribution in [0.4, 0.5) is 0 Å². The smallest absolute Gasteiger partial charge is 0.191 e. The summed E-state index contributed by atoms with van der Waals surface area (Å²) in [6, 6.07) is 8.30. The second-order valence-corrected chi connectivity index (χ2v) is 7.20. The summed E-state index contributed by atoms with van der Waals surface area (Å²) in [4.78, 5) is 10.1. The van der Waals surface area contributed by atoms with E-state index in [-0.39, 0.29) is 24.0 Å². The van der Waals surface area contributed by atoms with Crippen molar-refractivity contribution in [3.63, 3.8) is 0 Å². The Morgan fingerprint density at radius 1 is 1.19 bits per heavy atom. The van der Waals surface area contributed by atoms with Crippen molar-refractivity contribution in [3.8, 4) is 5.75 Å². The van der Waals surface area contributed by atoms with E-state index in [1.807, 2.05) is 18.3 Å². The van der Waals surface area contributed by atoms with E-state index in [2.05, 4.69) is 46.6 Å². The first-order chi connectivity index (χ1) is 12.7. The number of benzene rings is 1. The Morgan fingerprint density at radius 2 is 1.96 bits per heavy atom. The van der Waals surface area contributed by atoms with E-state index in [1.54, 1.807) is 18.4 Å². The quantitative estimate of drug-likeness (QED) is 0.292. The summed E-state index contributed by atoms with van der Waals surface area (Å²) < 4.78 is 5.69. The number of aliphatic imine (C=N–C) groups is 1. The molecule has 7 heteroatoms. The van der Waals surface area contributed by atoms with Crippen molar-refractivity contribution in [2.24, 2.45) is 4.99 Å². The van der Waals surface area contributed by atoms with E-state index in [0.29, 0.717) is 0 Å². The lowest BCUT2D eigenvalue weighted by molar-refractivity contribution is 0.317. The van der Waals surface area contributed by atoms with Gasteiger partial charge in [0.2, 0.25) is 0 Å². The minimum absolute atomic E-state index is 0. The zero-order valence-corrected chi connectivity index (χ0v) is 19.6. The van der Waals surface area contributed by atoms with Crippen molar-refractivity contribution in [1.29, 1.82) is 0 Å². The lowest BCUT2D eigenvalue weighted by Crippen LogP contribution is -2.39. The van der Waals surface area contributed by atoms with Crippen molar-refractivity contribution in [2.75, 3.05) is 26.7 Å². The molecular weight excluding hydrogens is 471 g/mol. The van der Waals surface area contributed by atoms with Crippen LogP contribution < -0.4 is 15.4 Å². The molecule has 1 heterocycles. The van der Waals surface area contributed by atoms with Crippen molar-refractivity contribution in [2.45, 2.75) is 39.5 Å². The number of rotatable bonds is 10. The van der Waals surface area contributed by atoms with Gasteiger partial charge in [0.25, 0.3) is 0 Å². The zero-order chi connectivity index (χ0) is 18.6. The van der Waals surface area contributed by atoms with Crippen LogP contribution in [0.3, 0.4) is 0 Å². The van der Waals surface area contributed by atoms with Gasteiger partial charge in [0, 0.05) is 37.6 Å². The molecule has 0 saturated heterocycles. The van der Waals surface area contributed by atoms with E-state index in [1.165, 1.54) is 15.4 Å². The summed E-state index contributed by atoms with van der Waals surface area (Å²) in [5.74, 6) is 1.78. The highest BCUT2D eigenvalue weighted by molar-refractivity contribution is 14.0. The molecule has 150 valence electrons. The van der Waals surface area contributed by atoms with E-state index >= 15 is 0 Å². The minimum atomic E-state index is 0. The van der Waals surface area contributed by atoms with Crippen LogP contribution in [0.25, 0.3) is 0 Å². The maximum atomic E-state index is 5.69. The van der Waals surface area contributed by atoms with Crippen molar-refractivity contribution < 1.29 is 4.74 Å². The Bertz CT molecular complexity index is 690. The Labute approximate surface area is 184 Å². The van der Waals surface area contributed by atoms with Crippen LogP contribution in [0.2, 0.25) is 0 Å². The number of halogens is 1. The first kappa shape index (κ1) is 23.7. The maximum Gasteiger partial charge on any atom is 0.191 e. The first-order valence-electron chi connectivity index (χ1n) is 9.35. The second kappa shape index (κ2) is 13.8. The number of aryl methyl sites for hydroxylation is 1. The molecule has 1 aromatic heterocycles. The van der Waals surface area contributed by atoms with Crippen LogP contribution in [0, 0.1) is 0 Å². The van der Waals surface area contributed by atoms with Crippen LogP contribution >= 0.6 is 35.3 Å². The van der Waals surface area contributed by atoms with Gasteiger partial charge in [-0.3, -0.25) is 4.99 Å². The fraction of sp³-hybridized carbons (Fsp3) is 0.500. The third kappa shape index (κ3) is 8.92. The normalized spacial score (nSPS) is 11.0. The number of nitrogens with zero attached hydrogens (tertiary/aromatic N) is 2.